The molecule has 0 amide bonds. The summed E-state index contributed by atoms with van der Waals surface area (Å²) in [5.41, 5.74) is 4.38. The molecule has 4 aromatic carbocycles. The van der Waals surface area contributed by atoms with Crippen LogP contribution < -0.4 is 0 Å². The highest BCUT2D eigenvalue weighted by atomic mass is 32.2. The Morgan fingerprint density at radius 2 is 1.48 bits per heavy atom. The number of rotatable bonds is 7. The molecule has 0 spiro atoms. The molecule has 0 fully saturated rings. The molecule has 7 heteroatoms. The molecule has 0 saturated heterocycles. The van der Waals surface area contributed by atoms with Crippen LogP contribution in [0.15, 0.2) is 71.6 Å². The molecule has 1 N–H and O–H groups in total. The highest BCUT2D eigenvalue weighted by Crippen LogP contribution is 2.48. The molecule has 0 aromatic heterocycles. The number of ether oxygens (including phenoxy) is 1. The van der Waals surface area contributed by atoms with Gasteiger partial charge in [-0.25, -0.2) is 13.2 Å². The van der Waals surface area contributed by atoms with E-state index in [1.807, 2.05) is 103 Å². The molecule has 42 heavy (non-hydrogen) atoms. The van der Waals surface area contributed by atoms with Crippen molar-refractivity contribution in [1.82, 2.24) is 4.31 Å². The second-order valence-electron chi connectivity index (χ2n) is 12.3. The molecule has 0 radical (unpaired) electrons. The molecule has 0 saturated carbocycles. The van der Waals surface area contributed by atoms with Gasteiger partial charge in [-0.1, -0.05) is 73.2 Å². The van der Waals surface area contributed by atoms with Gasteiger partial charge in [0.05, 0.1) is 10.5 Å². The number of carboxylic acids is 1. The number of hydrogen-bond donors (Lipinski definition) is 1. The summed E-state index contributed by atoms with van der Waals surface area (Å²) in [4.78, 5) is 13.5. The Morgan fingerprint density at radius 1 is 0.881 bits per heavy atom. The summed E-state index contributed by atoms with van der Waals surface area (Å²) < 4.78 is 36.3. The monoisotopic (exact) mass is 585 g/mol. The number of carboxylic acid groups (broad SMARTS) is 1. The summed E-state index contributed by atoms with van der Waals surface area (Å²) in [6.07, 6.45) is 0.204. The number of nitrogens with zero attached hydrogens (tertiary/aromatic N) is 1. The minimum atomic E-state index is -3.86. The molecular formula is C35H39NO5S. The van der Waals surface area contributed by atoms with Crippen molar-refractivity contribution in [2.45, 2.75) is 84.1 Å². The number of aliphatic carboxylic acids is 1. The summed E-state index contributed by atoms with van der Waals surface area (Å²) in [5, 5.41) is 12.4. The van der Waals surface area contributed by atoms with Gasteiger partial charge in [-0.3, -0.25) is 0 Å². The van der Waals surface area contributed by atoms with Crippen LogP contribution in [0.5, 0.6) is 0 Å². The first-order chi connectivity index (χ1) is 19.7. The van der Waals surface area contributed by atoms with Gasteiger partial charge in [0.2, 0.25) is 10.0 Å². The van der Waals surface area contributed by atoms with E-state index >= 15 is 0 Å². The predicted octanol–water partition coefficient (Wildman–Crippen LogP) is 7.64. The third-order valence-electron chi connectivity index (χ3n) is 8.37. The van der Waals surface area contributed by atoms with Crippen LogP contribution in [0.1, 0.15) is 67.5 Å². The standard InChI is InChI=1S/C35H39NO5S/c1-8-35(33(37)38,41-34(5,6)7)32-24(4)29-21-36(20-28(29)23(3)31(32)26-18-16-22(2)17-19-26)42(39,40)30-15-11-13-25-12-9-10-14-27(25)30/h9-19H,8,20-21H2,1-7H3,(H,37,38). The van der Waals surface area contributed by atoms with Gasteiger partial charge in [0.1, 0.15) is 0 Å². The Labute approximate surface area is 249 Å². The van der Waals surface area contributed by atoms with E-state index in [9.17, 15) is 18.3 Å². The lowest BCUT2D eigenvalue weighted by Crippen LogP contribution is -2.45. The average molecular weight is 586 g/mol. The van der Waals surface area contributed by atoms with Crippen molar-refractivity contribution in [2.24, 2.45) is 0 Å². The second-order valence-corrected chi connectivity index (χ2v) is 14.2. The maximum Gasteiger partial charge on any atom is 0.340 e. The molecular weight excluding hydrogens is 546 g/mol. The first-order valence-corrected chi connectivity index (χ1v) is 15.8. The molecule has 5 rings (SSSR count). The van der Waals surface area contributed by atoms with Crippen LogP contribution in [-0.4, -0.2) is 29.4 Å². The Hall–Kier alpha value is -3.52. The van der Waals surface area contributed by atoms with Crippen molar-refractivity contribution < 1.29 is 23.1 Å². The van der Waals surface area contributed by atoms with Crippen LogP contribution >= 0.6 is 0 Å². The second kappa shape index (κ2) is 10.6. The summed E-state index contributed by atoms with van der Waals surface area (Å²) in [6.45, 7) is 13.7. The summed E-state index contributed by atoms with van der Waals surface area (Å²) in [6, 6.07) is 20.9. The van der Waals surface area contributed by atoms with Crippen LogP contribution in [-0.2, 0) is 38.2 Å². The van der Waals surface area contributed by atoms with Gasteiger partial charge in [-0.05, 0) is 92.8 Å². The Kier molecular flexibility index (Phi) is 7.59. The number of carbonyl (C=O) groups is 1. The Balaban J connectivity index is 1.76. The Bertz CT molecular complexity index is 1800. The van der Waals surface area contributed by atoms with E-state index < -0.39 is 27.2 Å². The number of fused-ring (bicyclic) bond motifs is 2. The third kappa shape index (κ3) is 4.93. The number of sulfonamides is 1. The van der Waals surface area contributed by atoms with E-state index in [-0.39, 0.29) is 24.4 Å². The number of benzene rings is 4. The van der Waals surface area contributed by atoms with Crippen LogP contribution in [0.4, 0.5) is 0 Å². The van der Waals surface area contributed by atoms with Gasteiger partial charge in [0.15, 0.2) is 5.60 Å². The van der Waals surface area contributed by atoms with E-state index in [1.54, 1.807) is 12.1 Å². The zero-order valence-electron chi connectivity index (χ0n) is 25.4. The van der Waals surface area contributed by atoms with Crippen LogP contribution in [0.2, 0.25) is 0 Å². The van der Waals surface area contributed by atoms with Gasteiger partial charge in [-0.15, -0.1) is 0 Å². The first kappa shape index (κ1) is 30.0. The lowest BCUT2D eigenvalue weighted by atomic mass is 9.76. The highest BCUT2D eigenvalue weighted by Gasteiger charge is 2.48. The van der Waals surface area contributed by atoms with Gasteiger partial charge < -0.3 is 9.84 Å². The highest BCUT2D eigenvalue weighted by molar-refractivity contribution is 7.89. The lowest BCUT2D eigenvalue weighted by molar-refractivity contribution is -0.188. The molecule has 0 aliphatic carbocycles. The van der Waals surface area contributed by atoms with Crippen molar-refractivity contribution >= 4 is 26.8 Å². The van der Waals surface area contributed by atoms with E-state index in [1.165, 1.54) is 4.31 Å². The quantitative estimate of drug-likeness (QED) is 0.241. The molecule has 6 nitrogen and oxygen atoms in total. The van der Waals surface area contributed by atoms with Crippen LogP contribution in [0.25, 0.3) is 21.9 Å². The summed E-state index contributed by atoms with van der Waals surface area (Å²) >= 11 is 0. The fraction of sp³-hybridized carbons (Fsp3) is 0.343. The summed E-state index contributed by atoms with van der Waals surface area (Å²) in [5.74, 6) is -1.06. The van der Waals surface area contributed by atoms with Crippen molar-refractivity contribution in [1.29, 1.82) is 0 Å². The maximum absolute atomic E-state index is 14.2. The lowest BCUT2D eigenvalue weighted by Gasteiger charge is -2.39. The predicted molar refractivity (Wildman–Crippen MR) is 167 cm³/mol. The minimum absolute atomic E-state index is 0.156. The van der Waals surface area contributed by atoms with E-state index in [0.29, 0.717) is 10.9 Å². The van der Waals surface area contributed by atoms with Crippen molar-refractivity contribution in [2.75, 3.05) is 0 Å². The average Bonchev–Trinajstić information content (AvgIpc) is 3.41. The van der Waals surface area contributed by atoms with E-state index in [2.05, 4.69) is 0 Å². The fourth-order valence-electron chi connectivity index (χ4n) is 6.41. The van der Waals surface area contributed by atoms with Gasteiger partial charge >= 0.3 is 5.97 Å². The topological polar surface area (TPSA) is 83.9 Å². The van der Waals surface area contributed by atoms with Crippen molar-refractivity contribution in [3.05, 3.63) is 100 Å². The number of hydrogen-bond acceptors (Lipinski definition) is 4. The Morgan fingerprint density at radius 3 is 2.07 bits per heavy atom. The smallest absolute Gasteiger partial charge is 0.340 e. The fourth-order valence-corrected chi connectivity index (χ4v) is 8.00. The third-order valence-corrected chi connectivity index (χ3v) is 10.2. The van der Waals surface area contributed by atoms with Crippen molar-refractivity contribution in [3.63, 3.8) is 0 Å². The number of aryl methyl sites for hydroxylation is 1. The normalized spacial score (nSPS) is 15.5. The molecule has 1 unspecified atom stereocenters. The zero-order chi connectivity index (χ0) is 30.6. The van der Waals surface area contributed by atoms with Crippen LogP contribution in [0, 0.1) is 20.8 Å². The molecule has 1 heterocycles. The molecule has 1 atom stereocenters. The van der Waals surface area contributed by atoms with E-state index in [0.717, 1.165) is 44.3 Å². The molecule has 0 bridgehead atoms. The van der Waals surface area contributed by atoms with Crippen molar-refractivity contribution in [3.8, 4) is 11.1 Å². The largest absolute Gasteiger partial charge is 0.479 e. The van der Waals surface area contributed by atoms with Gasteiger partial charge in [0.25, 0.3) is 0 Å². The minimum Gasteiger partial charge on any atom is -0.479 e. The van der Waals surface area contributed by atoms with E-state index in [4.69, 9.17) is 4.74 Å². The zero-order valence-corrected chi connectivity index (χ0v) is 26.2. The molecule has 220 valence electrons. The van der Waals surface area contributed by atoms with Gasteiger partial charge in [-0.2, -0.15) is 4.31 Å². The van der Waals surface area contributed by atoms with Gasteiger partial charge in [0, 0.05) is 24.0 Å². The van der Waals surface area contributed by atoms with Crippen LogP contribution in [0.3, 0.4) is 0 Å². The first-order valence-electron chi connectivity index (χ1n) is 14.3. The maximum atomic E-state index is 14.2. The molecule has 1 aliphatic rings. The molecule has 4 aromatic rings. The summed E-state index contributed by atoms with van der Waals surface area (Å²) in [7, 11) is -3.86. The SMILES string of the molecule is CCC(OC(C)(C)C)(C(=O)O)c1c(C)c2c(c(C)c1-c1ccc(C)cc1)CN(S(=O)(=O)c1cccc3ccccc13)C2. The molecule has 1 aliphatic heterocycles.